The number of rotatable bonds is 8. The van der Waals surface area contributed by atoms with Gasteiger partial charge in [-0.1, -0.05) is 88.1 Å². The Morgan fingerprint density at radius 1 is 0.944 bits per heavy atom. The Morgan fingerprint density at radius 3 is 2.28 bits per heavy atom. The second kappa shape index (κ2) is 9.70. The number of unbranched alkanes of at least 4 members (excludes halogenated alkanes) is 4. The minimum absolute atomic E-state index is 1.18. The molecule has 98 valence electrons. The van der Waals surface area contributed by atoms with E-state index in [0.29, 0.717) is 0 Å². The van der Waals surface area contributed by atoms with Gasteiger partial charge in [-0.25, -0.2) is 0 Å². The average molecular weight is 242 g/mol. The van der Waals surface area contributed by atoms with E-state index in [0.717, 1.165) is 0 Å². The van der Waals surface area contributed by atoms with E-state index < -0.39 is 0 Å². The molecule has 0 spiro atoms. The third-order valence-electron chi connectivity index (χ3n) is 3.05. The molecule has 0 saturated carbocycles. The third-order valence-corrected chi connectivity index (χ3v) is 3.05. The van der Waals surface area contributed by atoms with Gasteiger partial charge in [0.2, 0.25) is 0 Å². The quantitative estimate of drug-likeness (QED) is 0.387. The zero-order chi connectivity index (χ0) is 13.1. The van der Waals surface area contributed by atoms with Crippen molar-refractivity contribution in [1.29, 1.82) is 0 Å². The van der Waals surface area contributed by atoms with Gasteiger partial charge >= 0.3 is 0 Å². The van der Waals surface area contributed by atoms with Crippen molar-refractivity contribution in [2.75, 3.05) is 0 Å². The Balaban J connectivity index is 2.69. The fraction of sp³-hybridized carbons (Fsp3) is 0.444. The molecule has 0 N–H and O–H groups in total. The summed E-state index contributed by atoms with van der Waals surface area (Å²) in [6.45, 7) is 4.48. The molecule has 0 fully saturated rings. The summed E-state index contributed by atoms with van der Waals surface area (Å²) in [4.78, 5) is 0. The number of allylic oxidation sites excluding steroid dienone is 4. The molecule has 0 amide bonds. The second-order valence-electron chi connectivity index (χ2n) is 4.71. The number of hydrogen-bond acceptors (Lipinski definition) is 0. The minimum Gasteiger partial charge on any atom is -0.0839 e. The summed E-state index contributed by atoms with van der Waals surface area (Å²) in [5.74, 6) is 0. The van der Waals surface area contributed by atoms with Crippen LogP contribution in [0.1, 0.15) is 57.9 Å². The van der Waals surface area contributed by atoms with Crippen molar-refractivity contribution < 1.29 is 0 Å². The number of benzene rings is 1. The van der Waals surface area contributed by atoms with Crippen LogP contribution in [-0.2, 0) is 0 Å². The summed E-state index contributed by atoms with van der Waals surface area (Å²) in [5.41, 5.74) is 2.71. The molecular weight excluding hydrogens is 216 g/mol. The van der Waals surface area contributed by atoms with E-state index in [2.05, 4.69) is 62.4 Å². The summed E-state index contributed by atoms with van der Waals surface area (Å²) in [7, 11) is 0. The molecule has 1 aromatic carbocycles. The molecule has 0 unspecified atom stereocenters. The monoisotopic (exact) mass is 242 g/mol. The van der Waals surface area contributed by atoms with Gasteiger partial charge in [0.15, 0.2) is 0 Å². The van der Waals surface area contributed by atoms with Gasteiger partial charge < -0.3 is 0 Å². The first kappa shape index (κ1) is 14.8. The molecule has 0 nitrogen and oxygen atoms in total. The molecule has 18 heavy (non-hydrogen) atoms. The van der Waals surface area contributed by atoms with Crippen LogP contribution < -0.4 is 0 Å². The van der Waals surface area contributed by atoms with Crippen molar-refractivity contribution in [2.24, 2.45) is 0 Å². The van der Waals surface area contributed by atoms with Crippen LogP contribution in [0.4, 0.5) is 0 Å². The molecule has 0 saturated heterocycles. The topological polar surface area (TPSA) is 0 Å². The first-order valence-electron chi connectivity index (χ1n) is 7.30. The summed E-state index contributed by atoms with van der Waals surface area (Å²) < 4.78 is 0. The van der Waals surface area contributed by atoms with Gasteiger partial charge in [-0.15, -0.1) is 0 Å². The molecule has 0 aliphatic heterocycles. The molecule has 0 atom stereocenters. The van der Waals surface area contributed by atoms with Crippen molar-refractivity contribution >= 4 is 5.57 Å². The van der Waals surface area contributed by atoms with Gasteiger partial charge in [-0.3, -0.25) is 0 Å². The van der Waals surface area contributed by atoms with Crippen LogP contribution in [0.5, 0.6) is 0 Å². The highest BCUT2D eigenvalue weighted by atomic mass is 14.0. The Kier molecular flexibility index (Phi) is 7.96. The van der Waals surface area contributed by atoms with Gasteiger partial charge in [0, 0.05) is 0 Å². The van der Waals surface area contributed by atoms with Crippen molar-refractivity contribution in [2.45, 2.75) is 52.4 Å². The van der Waals surface area contributed by atoms with E-state index in [1.807, 2.05) is 0 Å². The van der Waals surface area contributed by atoms with Gasteiger partial charge in [0.25, 0.3) is 0 Å². The van der Waals surface area contributed by atoms with E-state index in [1.165, 1.54) is 49.7 Å². The molecule has 1 rings (SSSR count). The first-order valence-corrected chi connectivity index (χ1v) is 7.30. The molecule has 0 aromatic heterocycles. The molecule has 0 bridgehead atoms. The zero-order valence-corrected chi connectivity index (χ0v) is 11.9. The maximum absolute atomic E-state index is 2.38. The van der Waals surface area contributed by atoms with Crippen molar-refractivity contribution in [3.63, 3.8) is 0 Å². The fourth-order valence-corrected chi connectivity index (χ4v) is 1.91. The lowest BCUT2D eigenvalue weighted by Gasteiger charge is -2.03. The highest BCUT2D eigenvalue weighted by molar-refractivity contribution is 5.73. The van der Waals surface area contributed by atoms with Crippen molar-refractivity contribution in [3.8, 4) is 0 Å². The smallest absolute Gasteiger partial charge is 0.0187 e. The van der Waals surface area contributed by atoms with Crippen LogP contribution in [0.25, 0.3) is 5.57 Å². The number of hydrogen-bond donors (Lipinski definition) is 0. The summed E-state index contributed by atoms with van der Waals surface area (Å²) in [6.07, 6.45) is 14.4. The largest absolute Gasteiger partial charge is 0.0839 e. The Morgan fingerprint density at radius 2 is 1.61 bits per heavy atom. The van der Waals surface area contributed by atoms with E-state index in [9.17, 15) is 0 Å². The van der Waals surface area contributed by atoms with E-state index >= 15 is 0 Å². The second-order valence-corrected chi connectivity index (χ2v) is 4.71. The van der Waals surface area contributed by atoms with Gasteiger partial charge in [-0.05, 0) is 24.0 Å². The highest BCUT2D eigenvalue weighted by Crippen LogP contribution is 2.17. The third kappa shape index (κ3) is 5.86. The van der Waals surface area contributed by atoms with Gasteiger partial charge in [0.05, 0.1) is 0 Å². The Labute approximate surface area is 112 Å². The van der Waals surface area contributed by atoms with Crippen LogP contribution in [0.3, 0.4) is 0 Å². The lowest BCUT2D eigenvalue weighted by molar-refractivity contribution is 0.813. The van der Waals surface area contributed by atoms with Crippen LogP contribution in [0.15, 0.2) is 48.6 Å². The van der Waals surface area contributed by atoms with Crippen LogP contribution in [0.2, 0.25) is 0 Å². The lowest BCUT2D eigenvalue weighted by Crippen LogP contribution is -1.81. The molecule has 0 aliphatic rings. The maximum atomic E-state index is 2.38. The minimum atomic E-state index is 1.18. The van der Waals surface area contributed by atoms with Gasteiger partial charge in [-0.2, -0.15) is 0 Å². The SMILES string of the molecule is CCCC/C=C(/C=C/CCCC)c1ccccc1. The normalized spacial score (nSPS) is 12.2. The van der Waals surface area contributed by atoms with E-state index in [-0.39, 0.29) is 0 Å². The standard InChI is InChI=1S/C18H26/c1-3-5-7-10-14-17(13-9-6-4-2)18-15-11-8-12-16-18/h8,10-16H,3-7,9H2,1-2H3/b14-10+,17-13-. The Hall–Kier alpha value is -1.30. The van der Waals surface area contributed by atoms with Crippen LogP contribution in [-0.4, -0.2) is 0 Å². The predicted octanol–water partition coefficient (Wildman–Crippen LogP) is 6.01. The van der Waals surface area contributed by atoms with Crippen molar-refractivity contribution in [1.82, 2.24) is 0 Å². The molecular formula is C18H26. The lowest BCUT2D eigenvalue weighted by atomic mass is 10.0. The average Bonchev–Trinajstić information content (AvgIpc) is 2.42. The van der Waals surface area contributed by atoms with Crippen LogP contribution >= 0.6 is 0 Å². The van der Waals surface area contributed by atoms with Crippen molar-refractivity contribution in [3.05, 3.63) is 54.1 Å². The van der Waals surface area contributed by atoms with Crippen LogP contribution in [0, 0.1) is 0 Å². The summed E-state index contributed by atoms with van der Waals surface area (Å²) >= 11 is 0. The highest BCUT2D eigenvalue weighted by Gasteiger charge is 1.96. The Bertz CT molecular complexity index is 357. The van der Waals surface area contributed by atoms with E-state index in [4.69, 9.17) is 0 Å². The van der Waals surface area contributed by atoms with E-state index in [1.54, 1.807) is 0 Å². The zero-order valence-electron chi connectivity index (χ0n) is 11.9. The van der Waals surface area contributed by atoms with Gasteiger partial charge in [0.1, 0.15) is 0 Å². The molecule has 0 heterocycles. The first-order chi connectivity index (χ1) is 8.88. The summed E-state index contributed by atoms with van der Waals surface area (Å²) in [6, 6.07) is 10.7. The molecule has 1 aromatic rings. The fourth-order valence-electron chi connectivity index (χ4n) is 1.91. The maximum Gasteiger partial charge on any atom is -0.0187 e. The molecule has 0 aliphatic carbocycles. The summed E-state index contributed by atoms with van der Waals surface area (Å²) in [5, 5.41) is 0. The molecule has 0 heteroatoms. The predicted molar refractivity (Wildman–Crippen MR) is 82.6 cm³/mol. The molecule has 0 radical (unpaired) electrons.